The molecule has 130 valence electrons. The summed E-state index contributed by atoms with van der Waals surface area (Å²) in [5.74, 6) is 3.21. The summed E-state index contributed by atoms with van der Waals surface area (Å²) in [4.78, 5) is 12.5. The van der Waals surface area contributed by atoms with E-state index in [1.165, 1.54) is 19.3 Å². The summed E-state index contributed by atoms with van der Waals surface area (Å²) in [6.07, 6.45) is 8.30. The van der Waals surface area contributed by atoms with Crippen molar-refractivity contribution in [2.45, 2.75) is 77.4 Å². The van der Waals surface area contributed by atoms with Crippen molar-refractivity contribution in [1.82, 2.24) is 0 Å². The minimum atomic E-state index is -0.295. The normalized spacial score (nSPS) is 55.9. The van der Waals surface area contributed by atoms with E-state index < -0.39 is 0 Å². The van der Waals surface area contributed by atoms with Crippen molar-refractivity contribution in [2.75, 3.05) is 7.11 Å². The van der Waals surface area contributed by atoms with E-state index in [-0.39, 0.29) is 23.0 Å². The molecule has 0 unspecified atom stereocenters. The van der Waals surface area contributed by atoms with Gasteiger partial charge in [-0.05, 0) is 74.0 Å². The number of rotatable bonds is 1. The van der Waals surface area contributed by atoms with Gasteiger partial charge in [0.15, 0.2) is 0 Å². The summed E-state index contributed by atoms with van der Waals surface area (Å²) in [7, 11) is 1.74. The molecule has 0 aromatic carbocycles. The molecule has 3 heteroatoms. The summed E-state index contributed by atoms with van der Waals surface area (Å²) in [6, 6.07) is 0. The Morgan fingerprint density at radius 3 is 2.65 bits per heavy atom. The van der Waals surface area contributed by atoms with Crippen LogP contribution in [0.3, 0.4) is 0 Å². The van der Waals surface area contributed by atoms with Crippen LogP contribution in [0, 0.1) is 34.5 Å². The van der Waals surface area contributed by atoms with Crippen molar-refractivity contribution in [3.63, 3.8) is 0 Å². The first-order valence-electron chi connectivity index (χ1n) is 9.64. The molecule has 4 saturated carbocycles. The second-order valence-corrected chi connectivity index (χ2v) is 9.36. The predicted molar refractivity (Wildman–Crippen MR) is 88.9 cm³/mol. The fraction of sp³-hybridized carbons (Fsp3) is 0.950. The highest BCUT2D eigenvalue weighted by molar-refractivity contribution is 5.87. The van der Waals surface area contributed by atoms with Crippen molar-refractivity contribution in [3.05, 3.63) is 0 Å². The Morgan fingerprint density at radius 1 is 1.13 bits per heavy atom. The first kappa shape index (κ1) is 16.1. The quantitative estimate of drug-likeness (QED) is 0.803. The highest BCUT2D eigenvalue weighted by Gasteiger charge is 2.61. The molecule has 4 aliphatic rings. The van der Waals surface area contributed by atoms with Gasteiger partial charge in [0.1, 0.15) is 5.78 Å². The average molecular weight is 320 g/mol. The zero-order chi connectivity index (χ0) is 16.4. The van der Waals surface area contributed by atoms with E-state index in [4.69, 9.17) is 4.74 Å². The van der Waals surface area contributed by atoms with E-state index >= 15 is 0 Å². The molecular formula is C20H32O3. The summed E-state index contributed by atoms with van der Waals surface area (Å²) < 4.78 is 5.62. The van der Waals surface area contributed by atoms with Crippen molar-refractivity contribution in [2.24, 2.45) is 34.5 Å². The first-order chi connectivity index (χ1) is 10.9. The number of fused-ring (bicyclic) bond motifs is 5. The third-order valence-corrected chi connectivity index (χ3v) is 8.67. The molecular weight excluding hydrogens is 288 g/mol. The van der Waals surface area contributed by atoms with Gasteiger partial charge in [0.25, 0.3) is 0 Å². The number of aliphatic hydroxyl groups is 1. The SMILES string of the molecule is CO[C@H]1C[C@@]2(C)[C@@H](CC[C@@H]3[C@@H]2CC[C@]2(C)C(=O)CC[C@@H]32)C[C@@H]1O. The number of ether oxygens (including phenoxy) is 1. The number of hydrogen-bond acceptors (Lipinski definition) is 3. The Bertz CT molecular complexity index is 503. The lowest BCUT2D eigenvalue weighted by Gasteiger charge is -2.60. The molecule has 0 aliphatic heterocycles. The zero-order valence-corrected chi connectivity index (χ0v) is 14.9. The molecule has 0 radical (unpaired) electrons. The molecule has 4 fully saturated rings. The Labute approximate surface area is 140 Å². The van der Waals surface area contributed by atoms with Gasteiger partial charge in [-0.3, -0.25) is 4.79 Å². The number of carbonyl (C=O) groups excluding carboxylic acids is 1. The second-order valence-electron chi connectivity index (χ2n) is 9.36. The zero-order valence-electron chi connectivity index (χ0n) is 14.9. The lowest BCUT2D eigenvalue weighted by atomic mass is 9.45. The van der Waals surface area contributed by atoms with E-state index in [9.17, 15) is 9.90 Å². The number of hydrogen-bond donors (Lipinski definition) is 1. The third kappa shape index (κ3) is 2.12. The third-order valence-electron chi connectivity index (χ3n) is 8.67. The maximum absolute atomic E-state index is 12.5. The van der Waals surface area contributed by atoms with Crippen molar-refractivity contribution < 1.29 is 14.6 Å². The number of aliphatic hydroxyl groups excluding tert-OH is 1. The number of carbonyl (C=O) groups is 1. The van der Waals surface area contributed by atoms with Crippen LogP contribution < -0.4 is 0 Å². The topological polar surface area (TPSA) is 46.5 Å². The maximum atomic E-state index is 12.5. The van der Waals surface area contributed by atoms with Crippen LogP contribution in [-0.4, -0.2) is 30.2 Å². The molecule has 0 heterocycles. The van der Waals surface area contributed by atoms with Crippen molar-refractivity contribution >= 4 is 5.78 Å². The van der Waals surface area contributed by atoms with E-state index in [0.29, 0.717) is 23.5 Å². The summed E-state index contributed by atoms with van der Waals surface area (Å²) >= 11 is 0. The van der Waals surface area contributed by atoms with Crippen LogP contribution >= 0.6 is 0 Å². The molecule has 4 rings (SSSR count). The van der Waals surface area contributed by atoms with Gasteiger partial charge >= 0.3 is 0 Å². The van der Waals surface area contributed by atoms with Gasteiger partial charge < -0.3 is 9.84 Å². The molecule has 0 saturated heterocycles. The first-order valence-corrected chi connectivity index (χ1v) is 9.64. The summed E-state index contributed by atoms with van der Waals surface area (Å²) in [6.45, 7) is 4.71. The van der Waals surface area contributed by atoms with Crippen LogP contribution in [-0.2, 0) is 9.53 Å². The van der Waals surface area contributed by atoms with Crippen molar-refractivity contribution in [3.8, 4) is 0 Å². The van der Waals surface area contributed by atoms with Crippen LogP contribution in [0.15, 0.2) is 0 Å². The van der Waals surface area contributed by atoms with Crippen LogP contribution in [0.5, 0.6) is 0 Å². The van der Waals surface area contributed by atoms with Gasteiger partial charge in [-0.25, -0.2) is 0 Å². The number of Topliss-reactive ketones (excluding diaryl/α,β-unsaturated/α-hetero) is 1. The lowest BCUT2D eigenvalue weighted by Crippen LogP contribution is -2.57. The molecule has 4 aliphatic carbocycles. The monoisotopic (exact) mass is 320 g/mol. The van der Waals surface area contributed by atoms with Gasteiger partial charge in [-0.2, -0.15) is 0 Å². The van der Waals surface area contributed by atoms with Crippen LogP contribution in [0.1, 0.15) is 65.2 Å². The molecule has 0 amide bonds. The van der Waals surface area contributed by atoms with E-state index in [1.807, 2.05) is 0 Å². The minimum Gasteiger partial charge on any atom is -0.390 e. The largest absolute Gasteiger partial charge is 0.390 e. The number of ketones is 1. The van der Waals surface area contributed by atoms with Crippen LogP contribution in [0.2, 0.25) is 0 Å². The Balaban J connectivity index is 1.64. The summed E-state index contributed by atoms with van der Waals surface area (Å²) in [5.41, 5.74) is 0.259. The smallest absolute Gasteiger partial charge is 0.139 e. The molecule has 0 aromatic rings. The molecule has 23 heavy (non-hydrogen) atoms. The molecule has 8 atom stereocenters. The number of methoxy groups -OCH3 is 1. The molecule has 0 aromatic heterocycles. The van der Waals surface area contributed by atoms with E-state index in [2.05, 4.69) is 13.8 Å². The van der Waals surface area contributed by atoms with E-state index in [0.717, 1.165) is 38.0 Å². The Hall–Kier alpha value is -0.410. The second kappa shape index (κ2) is 5.29. The molecule has 0 spiro atoms. The molecule has 3 nitrogen and oxygen atoms in total. The highest BCUT2D eigenvalue weighted by atomic mass is 16.5. The minimum absolute atomic E-state index is 0.00600. The van der Waals surface area contributed by atoms with Gasteiger partial charge in [-0.15, -0.1) is 0 Å². The Kier molecular flexibility index (Phi) is 3.70. The molecule has 1 N–H and O–H groups in total. The van der Waals surface area contributed by atoms with Crippen LogP contribution in [0.25, 0.3) is 0 Å². The predicted octanol–water partition coefficient (Wildman–Crippen LogP) is 3.58. The fourth-order valence-electron chi connectivity index (χ4n) is 7.26. The van der Waals surface area contributed by atoms with Gasteiger partial charge in [0.2, 0.25) is 0 Å². The maximum Gasteiger partial charge on any atom is 0.139 e. The van der Waals surface area contributed by atoms with Gasteiger partial charge in [-0.1, -0.05) is 13.8 Å². The summed E-state index contributed by atoms with van der Waals surface area (Å²) in [5, 5.41) is 10.4. The van der Waals surface area contributed by atoms with Crippen molar-refractivity contribution in [1.29, 1.82) is 0 Å². The van der Waals surface area contributed by atoms with Crippen LogP contribution in [0.4, 0.5) is 0 Å². The van der Waals surface area contributed by atoms with Gasteiger partial charge in [0.05, 0.1) is 12.2 Å². The highest BCUT2D eigenvalue weighted by Crippen LogP contribution is 2.65. The lowest BCUT2D eigenvalue weighted by molar-refractivity contribution is -0.166. The fourth-order valence-corrected chi connectivity index (χ4v) is 7.26. The standard InChI is InChI=1S/C20H32O3/c1-19-9-8-15-13(14(19)6-7-18(19)22)5-4-12-10-16(21)17(23-3)11-20(12,15)2/h12-17,21H,4-11H2,1-3H3/t12-,13-,14-,15-,16-,17-,19-,20-/m0/s1. The van der Waals surface area contributed by atoms with E-state index in [1.54, 1.807) is 7.11 Å². The van der Waals surface area contributed by atoms with Gasteiger partial charge in [0, 0.05) is 18.9 Å². The Morgan fingerprint density at radius 2 is 1.91 bits per heavy atom. The molecule has 0 bridgehead atoms. The average Bonchev–Trinajstić information content (AvgIpc) is 2.83.